The van der Waals surface area contributed by atoms with Crippen molar-refractivity contribution in [1.29, 1.82) is 0 Å². The van der Waals surface area contributed by atoms with Crippen LogP contribution in [0.5, 0.6) is 0 Å². The number of nitrogens with zero attached hydrogens (tertiary/aromatic N) is 2. The molecule has 6 rings (SSSR count). The summed E-state index contributed by atoms with van der Waals surface area (Å²) >= 11 is 8.08. The molecule has 0 saturated carbocycles. The lowest BCUT2D eigenvalue weighted by Gasteiger charge is -2.34. The van der Waals surface area contributed by atoms with E-state index < -0.39 is 0 Å². The molecule has 2 N–H and O–H groups in total. The number of thiophene rings is 1. The molecule has 2 atom stereocenters. The van der Waals surface area contributed by atoms with Crippen molar-refractivity contribution in [3.8, 4) is 0 Å². The van der Waals surface area contributed by atoms with Crippen LogP contribution in [0.3, 0.4) is 0 Å². The number of halogens is 1. The number of anilines is 2. The number of benzene rings is 2. The molecule has 3 aliphatic rings. The summed E-state index contributed by atoms with van der Waals surface area (Å²) in [5.74, 6) is 0. The number of piperazine rings is 1. The molecule has 0 radical (unpaired) electrons. The van der Waals surface area contributed by atoms with Gasteiger partial charge in [-0.1, -0.05) is 49.7 Å². The standard InChI is InChI=1S/C28H31ClN4S.C2H6/c1-19-17-25-28(34-19)27(33-14-2-3-26(33)21-4-8-22(29)9-5-21)18-24(31-25)20-6-10-23(11-7-20)32-15-12-30-13-16-32;1-2/h4-11,17-18,24,26,30-31H,2-3,12-16H2,1H3;1-2H3. The van der Waals surface area contributed by atoms with Gasteiger partial charge in [-0.3, -0.25) is 0 Å². The van der Waals surface area contributed by atoms with Gasteiger partial charge < -0.3 is 20.4 Å². The predicted molar refractivity (Wildman–Crippen MR) is 156 cm³/mol. The molecule has 2 aromatic carbocycles. The highest BCUT2D eigenvalue weighted by Gasteiger charge is 2.33. The van der Waals surface area contributed by atoms with Crippen LogP contribution in [-0.2, 0) is 0 Å². The zero-order valence-corrected chi connectivity index (χ0v) is 23.1. The highest BCUT2D eigenvalue weighted by Crippen LogP contribution is 2.47. The Labute approximate surface area is 225 Å². The fraction of sp³-hybridized carbons (Fsp3) is 0.400. The number of hydrogen-bond donors (Lipinski definition) is 2. The molecule has 3 aliphatic heterocycles. The Balaban J connectivity index is 0.00000130. The minimum atomic E-state index is 0.167. The van der Waals surface area contributed by atoms with Crippen molar-refractivity contribution < 1.29 is 0 Å². The maximum atomic E-state index is 6.18. The maximum absolute atomic E-state index is 6.18. The highest BCUT2D eigenvalue weighted by atomic mass is 35.5. The van der Waals surface area contributed by atoms with Crippen LogP contribution in [0.4, 0.5) is 11.4 Å². The van der Waals surface area contributed by atoms with Crippen LogP contribution >= 0.6 is 22.9 Å². The van der Waals surface area contributed by atoms with Gasteiger partial charge in [-0.05, 0) is 67.3 Å². The number of aryl methyl sites for hydroxylation is 1. The number of nitrogens with one attached hydrogen (secondary N) is 2. The van der Waals surface area contributed by atoms with Crippen molar-refractivity contribution in [2.45, 2.75) is 45.7 Å². The van der Waals surface area contributed by atoms with Gasteiger partial charge in [0.25, 0.3) is 0 Å². The molecule has 0 spiro atoms. The Kier molecular flexibility index (Phi) is 7.90. The van der Waals surface area contributed by atoms with Crippen molar-refractivity contribution in [1.82, 2.24) is 10.2 Å². The molecule has 0 aliphatic carbocycles. The summed E-state index contributed by atoms with van der Waals surface area (Å²) in [6.07, 6.45) is 4.84. The Morgan fingerprint density at radius 2 is 1.61 bits per heavy atom. The van der Waals surface area contributed by atoms with Crippen molar-refractivity contribution in [2.75, 3.05) is 42.9 Å². The zero-order chi connectivity index (χ0) is 25.1. The fourth-order valence-corrected chi connectivity index (χ4v) is 6.70. The average molecular weight is 521 g/mol. The van der Waals surface area contributed by atoms with E-state index >= 15 is 0 Å². The quantitative estimate of drug-likeness (QED) is 0.373. The van der Waals surface area contributed by atoms with E-state index in [0.29, 0.717) is 6.04 Å². The molecule has 190 valence electrons. The van der Waals surface area contributed by atoms with Gasteiger partial charge in [0.15, 0.2) is 0 Å². The van der Waals surface area contributed by atoms with E-state index in [0.717, 1.165) is 37.7 Å². The summed E-state index contributed by atoms with van der Waals surface area (Å²) in [5.41, 5.74) is 6.62. The molecule has 2 fully saturated rings. The summed E-state index contributed by atoms with van der Waals surface area (Å²) < 4.78 is 0. The number of fused-ring (bicyclic) bond motifs is 1. The molecule has 36 heavy (non-hydrogen) atoms. The molecule has 6 heteroatoms. The normalized spacial score (nSPS) is 21.3. The Hall–Kier alpha value is -2.47. The molecule has 3 aromatic rings. The Morgan fingerprint density at radius 3 is 2.33 bits per heavy atom. The first-order chi connectivity index (χ1) is 17.7. The Bertz CT molecular complexity index is 1180. The minimum absolute atomic E-state index is 0.167. The van der Waals surface area contributed by atoms with Crippen molar-refractivity contribution in [2.24, 2.45) is 0 Å². The molecule has 0 amide bonds. The molecule has 4 heterocycles. The molecule has 2 unspecified atom stereocenters. The predicted octanol–water partition coefficient (Wildman–Crippen LogP) is 7.49. The lowest BCUT2D eigenvalue weighted by molar-refractivity contribution is 0.378. The summed E-state index contributed by atoms with van der Waals surface area (Å²) in [6, 6.07) is 20.5. The monoisotopic (exact) mass is 520 g/mol. The maximum Gasteiger partial charge on any atom is 0.0736 e. The third kappa shape index (κ3) is 5.15. The van der Waals surface area contributed by atoms with Crippen LogP contribution in [0.25, 0.3) is 5.70 Å². The van der Waals surface area contributed by atoms with Crippen LogP contribution in [0.1, 0.15) is 59.7 Å². The van der Waals surface area contributed by atoms with Gasteiger partial charge in [-0.25, -0.2) is 0 Å². The lowest BCUT2D eigenvalue weighted by Crippen LogP contribution is -2.43. The van der Waals surface area contributed by atoms with Gasteiger partial charge in [0.05, 0.1) is 28.3 Å². The SMILES string of the molecule is CC.Cc1cc2c(s1)C(N1CCCC1c1ccc(Cl)cc1)=CC(c1ccc(N3CCNCC3)cc1)N2. The van der Waals surface area contributed by atoms with E-state index in [4.69, 9.17) is 11.6 Å². The summed E-state index contributed by atoms with van der Waals surface area (Å²) in [4.78, 5) is 7.81. The van der Waals surface area contributed by atoms with Crippen molar-refractivity contribution in [3.05, 3.63) is 86.6 Å². The molecule has 4 nitrogen and oxygen atoms in total. The zero-order valence-electron chi connectivity index (χ0n) is 21.6. The van der Waals surface area contributed by atoms with Crippen LogP contribution in [0, 0.1) is 6.92 Å². The number of hydrogen-bond acceptors (Lipinski definition) is 5. The molecule has 1 aromatic heterocycles. The largest absolute Gasteiger partial charge is 0.373 e. The second-order valence-corrected chi connectivity index (χ2v) is 11.2. The molecule has 0 bridgehead atoms. The van der Waals surface area contributed by atoms with E-state index in [2.05, 4.69) is 75.9 Å². The second-order valence-electron chi connectivity index (χ2n) is 9.51. The summed E-state index contributed by atoms with van der Waals surface area (Å²) in [6.45, 7) is 11.6. The number of rotatable bonds is 4. The van der Waals surface area contributed by atoms with Gasteiger partial charge in [0, 0.05) is 48.3 Å². The first-order valence-corrected chi connectivity index (χ1v) is 14.5. The van der Waals surface area contributed by atoms with Crippen molar-refractivity contribution >= 4 is 40.0 Å². The third-order valence-corrected chi connectivity index (χ3v) is 8.60. The first-order valence-electron chi connectivity index (χ1n) is 13.3. The topological polar surface area (TPSA) is 30.5 Å². The van der Waals surface area contributed by atoms with Crippen LogP contribution in [0.2, 0.25) is 5.02 Å². The average Bonchev–Trinajstić information content (AvgIpc) is 3.56. The smallest absolute Gasteiger partial charge is 0.0736 e. The van der Waals surface area contributed by atoms with E-state index in [1.807, 2.05) is 37.3 Å². The molecular formula is C30H37ClN4S. The highest BCUT2D eigenvalue weighted by molar-refractivity contribution is 7.13. The fourth-order valence-electron chi connectivity index (χ4n) is 5.56. The van der Waals surface area contributed by atoms with Crippen LogP contribution < -0.4 is 15.5 Å². The lowest BCUT2D eigenvalue weighted by atomic mass is 9.99. The van der Waals surface area contributed by atoms with E-state index in [1.54, 1.807) is 0 Å². The second kappa shape index (κ2) is 11.3. The van der Waals surface area contributed by atoms with Crippen LogP contribution in [-0.4, -0.2) is 37.6 Å². The molecular weight excluding hydrogens is 484 g/mol. The number of likely N-dealkylation sites (tertiary alicyclic amines) is 1. The van der Waals surface area contributed by atoms with Crippen LogP contribution in [0.15, 0.2) is 60.7 Å². The Morgan fingerprint density at radius 1 is 0.917 bits per heavy atom. The minimum Gasteiger partial charge on any atom is -0.373 e. The van der Waals surface area contributed by atoms with Gasteiger partial charge in [0.2, 0.25) is 0 Å². The van der Waals surface area contributed by atoms with Crippen molar-refractivity contribution in [3.63, 3.8) is 0 Å². The summed E-state index contributed by atoms with van der Waals surface area (Å²) in [5, 5.41) is 8.05. The third-order valence-electron chi connectivity index (χ3n) is 7.27. The van der Waals surface area contributed by atoms with E-state index in [9.17, 15) is 0 Å². The van der Waals surface area contributed by atoms with Gasteiger partial charge in [-0.2, -0.15) is 0 Å². The van der Waals surface area contributed by atoms with Gasteiger partial charge in [-0.15, -0.1) is 11.3 Å². The molecule has 2 saturated heterocycles. The van der Waals surface area contributed by atoms with E-state index in [-0.39, 0.29) is 6.04 Å². The van der Waals surface area contributed by atoms with Gasteiger partial charge >= 0.3 is 0 Å². The summed E-state index contributed by atoms with van der Waals surface area (Å²) in [7, 11) is 0. The van der Waals surface area contributed by atoms with E-state index in [1.165, 1.54) is 50.8 Å². The first kappa shape index (κ1) is 25.2. The van der Waals surface area contributed by atoms with Gasteiger partial charge in [0.1, 0.15) is 0 Å².